The molecule has 0 saturated carbocycles. The number of fused-ring (bicyclic) bond motifs is 2. The van der Waals surface area contributed by atoms with Gasteiger partial charge in [-0.3, -0.25) is 9.78 Å². The molecule has 1 aromatic heterocycles. The molecule has 0 N–H and O–H groups in total. The molecule has 1 aliphatic carbocycles. The Bertz CT molecular complexity index is 1010. The number of rotatable bonds is 1. The van der Waals surface area contributed by atoms with Gasteiger partial charge in [-0.15, -0.1) is 0 Å². The molecule has 0 unspecified atom stereocenters. The van der Waals surface area contributed by atoms with Crippen LogP contribution in [0.3, 0.4) is 0 Å². The number of carbonyl (C=O) groups is 1. The summed E-state index contributed by atoms with van der Waals surface area (Å²) in [6, 6.07) is 12.3. The number of ketones is 1. The molecule has 4 rings (SSSR count). The van der Waals surface area contributed by atoms with Crippen molar-refractivity contribution >= 4 is 17.0 Å². The number of pyridine rings is 1. The van der Waals surface area contributed by atoms with E-state index in [0.717, 1.165) is 11.1 Å². The molecule has 2 aliphatic rings. The topological polar surface area (TPSA) is 33.2 Å². The molecule has 1 aromatic carbocycles. The Kier molecular flexibility index (Phi) is 3.69. The van der Waals surface area contributed by atoms with Gasteiger partial charge in [0.2, 0.25) is 5.78 Å². The highest BCUT2D eigenvalue weighted by atomic mass is 16.1. The van der Waals surface area contributed by atoms with E-state index in [4.69, 9.17) is 0 Å². The quantitative estimate of drug-likeness (QED) is 0.690. The number of allylic oxidation sites excluding steroid dienone is 6. The van der Waals surface area contributed by atoms with Crippen molar-refractivity contribution in [1.29, 1.82) is 0 Å². The van der Waals surface area contributed by atoms with Gasteiger partial charge in [0, 0.05) is 41.2 Å². The molecule has 0 fully saturated rings. The van der Waals surface area contributed by atoms with Gasteiger partial charge in [-0.1, -0.05) is 38.1 Å². The maximum atomic E-state index is 12.8. The number of likely N-dealkylation sites (N-methyl/N-ethyl adjacent to an activating group) is 1. The number of carbonyl (C=O) groups excluding carboxylic acids is 1. The molecule has 0 amide bonds. The summed E-state index contributed by atoms with van der Waals surface area (Å²) < 4.78 is 0. The monoisotopic (exact) mass is 342 g/mol. The van der Waals surface area contributed by atoms with Crippen LogP contribution >= 0.6 is 0 Å². The highest BCUT2D eigenvalue weighted by Crippen LogP contribution is 2.46. The van der Waals surface area contributed by atoms with Gasteiger partial charge in [-0.05, 0) is 48.4 Å². The van der Waals surface area contributed by atoms with Crippen LogP contribution < -0.4 is 4.90 Å². The highest BCUT2D eigenvalue weighted by Gasteiger charge is 2.37. The third-order valence-electron chi connectivity index (χ3n) is 5.44. The molecular weight excluding hydrogens is 320 g/mol. The average Bonchev–Trinajstić information content (AvgIpc) is 2.84. The number of para-hydroxylation sites is 1. The van der Waals surface area contributed by atoms with Gasteiger partial charge >= 0.3 is 0 Å². The molecule has 0 atom stereocenters. The lowest BCUT2D eigenvalue weighted by Gasteiger charge is -2.24. The third-order valence-corrected chi connectivity index (χ3v) is 5.44. The van der Waals surface area contributed by atoms with E-state index >= 15 is 0 Å². The van der Waals surface area contributed by atoms with E-state index < -0.39 is 0 Å². The van der Waals surface area contributed by atoms with E-state index in [2.05, 4.69) is 61.1 Å². The second-order valence-electron chi connectivity index (χ2n) is 7.43. The Hall–Kier alpha value is -2.94. The summed E-state index contributed by atoms with van der Waals surface area (Å²) in [6.45, 7) is 6.47. The molecule has 1 aliphatic heterocycles. The first-order valence-corrected chi connectivity index (χ1v) is 8.85. The maximum absolute atomic E-state index is 12.8. The molecule has 0 bridgehead atoms. The average molecular weight is 342 g/mol. The number of hydrogen-bond donors (Lipinski definition) is 0. The van der Waals surface area contributed by atoms with Crippen molar-refractivity contribution in [1.82, 2.24) is 4.98 Å². The largest absolute Gasteiger partial charge is 0.347 e. The summed E-state index contributed by atoms with van der Waals surface area (Å²) >= 11 is 0. The van der Waals surface area contributed by atoms with Crippen LogP contribution in [0.15, 0.2) is 72.1 Å². The second-order valence-corrected chi connectivity index (χ2v) is 7.43. The molecule has 0 spiro atoms. The minimum atomic E-state index is -0.102. The SMILES string of the molecule is CC1=C/C(=C\C=C2/N(C)c3ccccc3C2(C)C)C(=O)c2ncccc21. The Morgan fingerprint density at radius 3 is 2.62 bits per heavy atom. The number of aromatic nitrogens is 1. The second kappa shape index (κ2) is 5.80. The van der Waals surface area contributed by atoms with Crippen LogP contribution in [0.25, 0.3) is 5.57 Å². The van der Waals surface area contributed by atoms with E-state index in [1.165, 1.54) is 16.9 Å². The Labute approximate surface area is 154 Å². The summed E-state index contributed by atoms with van der Waals surface area (Å²) in [5.41, 5.74) is 6.82. The summed E-state index contributed by atoms with van der Waals surface area (Å²) in [7, 11) is 2.08. The van der Waals surface area contributed by atoms with Gasteiger partial charge in [-0.25, -0.2) is 0 Å². The van der Waals surface area contributed by atoms with Crippen molar-refractivity contribution in [2.45, 2.75) is 26.2 Å². The molecule has 3 nitrogen and oxygen atoms in total. The van der Waals surface area contributed by atoms with Crippen LogP contribution in [-0.2, 0) is 5.41 Å². The van der Waals surface area contributed by atoms with Gasteiger partial charge < -0.3 is 4.90 Å². The number of nitrogens with zero attached hydrogens (tertiary/aromatic N) is 2. The zero-order valence-corrected chi connectivity index (χ0v) is 15.6. The predicted molar refractivity (Wildman–Crippen MR) is 106 cm³/mol. The first-order valence-electron chi connectivity index (χ1n) is 8.85. The Morgan fingerprint density at radius 2 is 1.85 bits per heavy atom. The highest BCUT2D eigenvalue weighted by molar-refractivity contribution is 6.15. The number of Topliss-reactive ketones (excluding diaryl/α,β-unsaturated/α-hetero) is 1. The molecular formula is C23H22N2O. The van der Waals surface area contributed by atoms with E-state index in [-0.39, 0.29) is 11.2 Å². The van der Waals surface area contributed by atoms with E-state index in [0.29, 0.717) is 11.3 Å². The molecule has 0 saturated heterocycles. The minimum absolute atomic E-state index is 0.0148. The lowest BCUT2D eigenvalue weighted by Crippen LogP contribution is -2.22. The van der Waals surface area contributed by atoms with Crippen molar-refractivity contribution < 1.29 is 4.79 Å². The van der Waals surface area contributed by atoms with Gasteiger partial charge in [0.25, 0.3) is 0 Å². The van der Waals surface area contributed by atoms with Crippen molar-refractivity contribution in [3.05, 3.63) is 88.9 Å². The zero-order chi connectivity index (χ0) is 18.5. The van der Waals surface area contributed by atoms with Gasteiger partial charge in [0.05, 0.1) is 0 Å². The summed E-state index contributed by atoms with van der Waals surface area (Å²) in [6.07, 6.45) is 7.64. The lowest BCUT2D eigenvalue weighted by atomic mass is 9.83. The lowest BCUT2D eigenvalue weighted by molar-refractivity contribution is 0.103. The van der Waals surface area contributed by atoms with Crippen molar-refractivity contribution in [3.63, 3.8) is 0 Å². The fourth-order valence-electron chi connectivity index (χ4n) is 4.01. The number of benzene rings is 1. The maximum Gasteiger partial charge on any atom is 0.211 e. The fourth-order valence-corrected chi connectivity index (χ4v) is 4.01. The smallest absolute Gasteiger partial charge is 0.211 e. The van der Waals surface area contributed by atoms with Crippen LogP contribution in [0, 0.1) is 0 Å². The van der Waals surface area contributed by atoms with E-state index in [1.807, 2.05) is 31.2 Å². The first kappa shape index (κ1) is 16.5. The van der Waals surface area contributed by atoms with E-state index in [9.17, 15) is 4.79 Å². The summed E-state index contributed by atoms with van der Waals surface area (Å²) in [4.78, 5) is 19.3. The van der Waals surface area contributed by atoms with Gasteiger partial charge in [-0.2, -0.15) is 0 Å². The molecule has 2 aromatic rings. The van der Waals surface area contributed by atoms with Crippen LogP contribution in [-0.4, -0.2) is 17.8 Å². The van der Waals surface area contributed by atoms with E-state index in [1.54, 1.807) is 6.20 Å². The standard InChI is InChI=1S/C23H22N2O/c1-15-14-16(22(26)21-17(15)8-7-13-24-21)11-12-20-23(2,3)18-9-5-6-10-19(18)25(20)4/h5-14H,1-4H3/b16-11+,20-12-. The predicted octanol–water partition coefficient (Wildman–Crippen LogP) is 4.92. The number of hydrogen-bond acceptors (Lipinski definition) is 3. The molecule has 2 heterocycles. The van der Waals surface area contributed by atoms with Crippen LogP contribution in [0.2, 0.25) is 0 Å². The molecule has 130 valence electrons. The third kappa shape index (κ3) is 2.35. The minimum Gasteiger partial charge on any atom is -0.347 e. The van der Waals surface area contributed by atoms with Crippen molar-refractivity contribution in [2.24, 2.45) is 0 Å². The number of anilines is 1. The first-order chi connectivity index (χ1) is 12.4. The van der Waals surface area contributed by atoms with Crippen LogP contribution in [0.4, 0.5) is 5.69 Å². The Balaban J connectivity index is 1.77. The van der Waals surface area contributed by atoms with Crippen molar-refractivity contribution in [3.8, 4) is 0 Å². The van der Waals surface area contributed by atoms with Crippen molar-refractivity contribution in [2.75, 3.05) is 11.9 Å². The summed E-state index contributed by atoms with van der Waals surface area (Å²) in [5, 5.41) is 0. The van der Waals surface area contributed by atoms with Gasteiger partial charge in [0.15, 0.2) is 0 Å². The normalized spacial score (nSPS) is 21.0. The zero-order valence-electron chi connectivity index (χ0n) is 15.6. The molecule has 0 radical (unpaired) electrons. The van der Waals surface area contributed by atoms with Crippen LogP contribution in [0.5, 0.6) is 0 Å². The van der Waals surface area contributed by atoms with Gasteiger partial charge in [0.1, 0.15) is 5.69 Å². The molecule has 3 heteroatoms. The fraction of sp³-hybridized carbons (Fsp3) is 0.217. The Morgan fingerprint density at radius 1 is 1.08 bits per heavy atom. The van der Waals surface area contributed by atoms with Crippen LogP contribution in [0.1, 0.15) is 42.4 Å². The summed E-state index contributed by atoms with van der Waals surface area (Å²) in [5.74, 6) is -0.0148. The molecule has 26 heavy (non-hydrogen) atoms.